The monoisotopic (exact) mass is 257 g/mol. The quantitative estimate of drug-likeness (QED) is 0.470. The van der Waals surface area contributed by atoms with E-state index in [1.807, 2.05) is 6.92 Å². The van der Waals surface area contributed by atoms with Crippen LogP contribution in [-0.4, -0.2) is 20.9 Å². The first-order chi connectivity index (χ1) is 7.95. The molecule has 17 heavy (non-hydrogen) atoms. The molecule has 0 unspecified atom stereocenters. The van der Waals surface area contributed by atoms with Crippen LogP contribution in [0, 0.1) is 6.92 Å². The van der Waals surface area contributed by atoms with Crippen LogP contribution in [0.2, 0.25) is 0 Å². The van der Waals surface area contributed by atoms with Gasteiger partial charge in [0.05, 0.1) is 6.61 Å². The summed E-state index contributed by atoms with van der Waals surface area (Å²) in [7, 11) is -3.86. The van der Waals surface area contributed by atoms with Crippen LogP contribution < -0.4 is 0 Å². The molecule has 0 atom stereocenters. The molecule has 0 spiro atoms. The Kier molecular flexibility index (Phi) is 4.51. The normalized spacial score (nSPS) is 12.3. The molecule has 0 fully saturated rings. The Balaban J connectivity index is 2.82. The molecule has 0 heterocycles. The molecule has 1 aromatic rings. The molecule has 94 valence electrons. The Hall–Kier alpha value is -1.56. The summed E-state index contributed by atoms with van der Waals surface area (Å²) in [6.45, 7) is 5.57. The van der Waals surface area contributed by atoms with Crippen molar-refractivity contribution in [1.29, 1.82) is 0 Å². The Morgan fingerprint density at radius 1 is 1.29 bits per heavy atom. The number of hydrogen-bond acceptors (Lipinski definition) is 5. The first-order valence-corrected chi connectivity index (χ1v) is 6.54. The fourth-order valence-corrected chi connectivity index (χ4v) is 1.84. The zero-order valence-corrected chi connectivity index (χ0v) is 10.8. The lowest BCUT2D eigenvalue weighted by Crippen LogP contribution is -2.06. The lowest BCUT2D eigenvalue weighted by molar-refractivity contribution is 0.277. The van der Waals surface area contributed by atoms with Gasteiger partial charge < -0.3 is 4.74 Å². The third-order valence-electron chi connectivity index (χ3n) is 1.93. The first kappa shape index (κ1) is 13.5. The number of ether oxygens (including phenoxy) is 1. The van der Waals surface area contributed by atoms with Crippen LogP contribution >= 0.6 is 0 Å². The number of benzene rings is 1. The van der Waals surface area contributed by atoms with E-state index in [0.717, 1.165) is 5.56 Å². The van der Waals surface area contributed by atoms with E-state index in [4.69, 9.17) is 4.74 Å². The van der Waals surface area contributed by atoms with Gasteiger partial charge in [-0.15, -0.1) is 0 Å². The van der Waals surface area contributed by atoms with Crippen molar-refractivity contribution in [1.82, 2.24) is 0 Å². The van der Waals surface area contributed by atoms with Crippen molar-refractivity contribution in [3.05, 3.63) is 29.8 Å². The van der Waals surface area contributed by atoms with Gasteiger partial charge in [-0.2, -0.15) is 8.42 Å². The summed E-state index contributed by atoms with van der Waals surface area (Å²) in [4.78, 5) is 0.0659. The zero-order valence-electron chi connectivity index (χ0n) is 10.0. The van der Waals surface area contributed by atoms with Gasteiger partial charge in [0.1, 0.15) is 4.90 Å². The van der Waals surface area contributed by atoms with E-state index in [1.165, 1.54) is 19.1 Å². The van der Waals surface area contributed by atoms with Crippen molar-refractivity contribution in [2.75, 3.05) is 6.61 Å². The molecule has 0 aliphatic carbocycles. The third-order valence-corrected chi connectivity index (χ3v) is 3.05. The summed E-state index contributed by atoms with van der Waals surface area (Å²) >= 11 is 0. The smallest absolute Gasteiger partial charge is 0.358 e. The van der Waals surface area contributed by atoms with Gasteiger partial charge in [0.25, 0.3) is 0 Å². The number of nitrogens with zero attached hydrogens (tertiary/aromatic N) is 1. The van der Waals surface area contributed by atoms with E-state index < -0.39 is 10.1 Å². The van der Waals surface area contributed by atoms with Gasteiger partial charge in [-0.05, 0) is 31.1 Å². The molecule has 5 nitrogen and oxygen atoms in total. The molecule has 0 bridgehead atoms. The van der Waals surface area contributed by atoms with Gasteiger partial charge in [-0.25, -0.2) is 0 Å². The highest BCUT2D eigenvalue weighted by molar-refractivity contribution is 7.86. The van der Waals surface area contributed by atoms with E-state index in [0.29, 0.717) is 6.61 Å². The van der Waals surface area contributed by atoms with Crippen molar-refractivity contribution < 1.29 is 17.4 Å². The summed E-state index contributed by atoms with van der Waals surface area (Å²) in [5, 5.41) is 3.39. The first-order valence-electron chi connectivity index (χ1n) is 5.13. The molecule has 1 rings (SSSR count). The Bertz CT molecular complexity index is 491. The average Bonchev–Trinajstić information content (AvgIpc) is 2.28. The van der Waals surface area contributed by atoms with E-state index in [2.05, 4.69) is 9.44 Å². The van der Waals surface area contributed by atoms with Gasteiger partial charge in [-0.3, -0.25) is 4.28 Å². The van der Waals surface area contributed by atoms with Gasteiger partial charge in [0.2, 0.25) is 5.90 Å². The van der Waals surface area contributed by atoms with Crippen molar-refractivity contribution in [2.24, 2.45) is 5.16 Å². The van der Waals surface area contributed by atoms with Gasteiger partial charge >= 0.3 is 10.1 Å². The van der Waals surface area contributed by atoms with Gasteiger partial charge in [-0.1, -0.05) is 17.7 Å². The highest BCUT2D eigenvalue weighted by Crippen LogP contribution is 2.13. The van der Waals surface area contributed by atoms with E-state index in [9.17, 15) is 8.42 Å². The molecule has 0 saturated heterocycles. The number of aryl methyl sites for hydroxylation is 1. The van der Waals surface area contributed by atoms with Crippen LogP contribution in [0.5, 0.6) is 0 Å². The summed E-state index contributed by atoms with van der Waals surface area (Å²) in [5.74, 6) is 0.170. The summed E-state index contributed by atoms with van der Waals surface area (Å²) in [6.07, 6.45) is 0. The van der Waals surface area contributed by atoms with Crippen LogP contribution in [0.3, 0.4) is 0 Å². The predicted molar refractivity (Wildman–Crippen MR) is 64.2 cm³/mol. The standard InChI is InChI=1S/C11H15NO4S/c1-4-15-10(3)12-16-17(13,14)11-7-5-9(2)6-8-11/h5-8H,4H2,1-3H3/b12-10-. The molecule has 0 saturated carbocycles. The predicted octanol–water partition coefficient (Wildman–Crippen LogP) is 2.07. The Labute approximate surface area is 101 Å². The number of hydrogen-bond donors (Lipinski definition) is 0. The molecule has 6 heteroatoms. The Morgan fingerprint density at radius 2 is 1.88 bits per heavy atom. The lowest BCUT2D eigenvalue weighted by Gasteiger charge is -2.03. The maximum atomic E-state index is 11.7. The van der Waals surface area contributed by atoms with Gasteiger partial charge in [0, 0.05) is 6.92 Å². The molecule has 0 N–H and O–H groups in total. The second-order valence-electron chi connectivity index (χ2n) is 3.39. The fourth-order valence-electron chi connectivity index (χ4n) is 1.08. The molecule has 0 amide bonds. The topological polar surface area (TPSA) is 65.0 Å². The molecular formula is C11H15NO4S. The van der Waals surface area contributed by atoms with Crippen molar-refractivity contribution >= 4 is 16.0 Å². The molecular weight excluding hydrogens is 242 g/mol. The van der Waals surface area contributed by atoms with Crippen LogP contribution in [0.25, 0.3) is 0 Å². The largest absolute Gasteiger partial charge is 0.479 e. The van der Waals surface area contributed by atoms with Crippen molar-refractivity contribution in [3.63, 3.8) is 0 Å². The van der Waals surface area contributed by atoms with Gasteiger partial charge in [0.15, 0.2) is 0 Å². The Morgan fingerprint density at radius 3 is 2.41 bits per heavy atom. The minimum atomic E-state index is -3.86. The van der Waals surface area contributed by atoms with E-state index in [1.54, 1.807) is 19.1 Å². The molecule has 0 aliphatic rings. The van der Waals surface area contributed by atoms with Crippen LogP contribution in [0.1, 0.15) is 19.4 Å². The SMILES string of the molecule is CCO/C(C)=N\OS(=O)(=O)c1ccc(C)cc1. The second kappa shape index (κ2) is 5.67. The van der Waals surface area contributed by atoms with E-state index >= 15 is 0 Å². The number of oxime groups is 1. The molecule has 0 aromatic heterocycles. The lowest BCUT2D eigenvalue weighted by atomic mass is 10.2. The summed E-state index contributed by atoms with van der Waals surface area (Å²) in [5.41, 5.74) is 0.970. The third kappa shape index (κ3) is 4.07. The zero-order chi connectivity index (χ0) is 12.9. The highest BCUT2D eigenvalue weighted by atomic mass is 32.2. The number of rotatable bonds is 4. The second-order valence-corrected chi connectivity index (χ2v) is 4.91. The summed E-state index contributed by atoms with van der Waals surface area (Å²) < 4.78 is 32.8. The van der Waals surface area contributed by atoms with Crippen molar-refractivity contribution in [2.45, 2.75) is 25.7 Å². The maximum Gasteiger partial charge on any atom is 0.358 e. The van der Waals surface area contributed by atoms with Crippen LogP contribution in [-0.2, 0) is 19.1 Å². The molecule has 1 aromatic carbocycles. The molecule has 0 radical (unpaired) electrons. The van der Waals surface area contributed by atoms with E-state index in [-0.39, 0.29) is 10.8 Å². The molecule has 0 aliphatic heterocycles. The minimum absolute atomic E-state index is 0.0659. The maximum absolute atomic E-state index is 11.7. The summed E-state index contributed by atoms with van der Waals surface area (Å²) in [6, 6.07) is 6.32. The minimum Gasteiger partial charge on any atom is -0.479 e. The van der Waals surface area contributed by atoms with Crippen molar-refractivity contribution in [3.8, 4) is 0 Å². The average molecular weight is 257 g/mol. The highest BCUT2D eigenvalue weighted by Gasteiger charge is 2.15. The van der Waals surface area contributed by atoms with Crippen LogP contribution in [0.4, 0.5) is 0 Å². The fraction of sp³-hybridized carbons (Fsp3) is 0.364. The van der Waals surface area contributed by atoms with Crippen LogP contribution in [0.15, 0.2) is 34.3 Å².